The number of rotatable bonds is 10. The molecule has 0 aliphatic carbocycles. The predicted molar refractivity (Wildman–Crippen MR) is 117 cm³/mol. The molecule has 2 aromatic carbocycles. The molecule has 1 atom stereocenters. The second-order valence-corrected chi connectivity index (χ2v) is 9.10. The Bertz CT molecular complexity index is 1010. The topological polar surface area (TPSA) is 86.8 Å². The van der Waals surface area contributed by atoms with E-state index in [1.165, 1.54) is 42.3 Å². The Morgan fingerprint density at radius 1 is 1.13 bits per heavy atom. The third-order valence-corrected chi connectivity index (χ3v) is 5.87. The fourth-order valence-electron chi connectivity index (χ4n) is 2.89. The summed E-state index contributed by atoms with van der Waals surface area (Å²) in [5.41, 5.74) is 1.15. The van der Waals surface area contributed by atoms with Crippen molar-refractivity contribution in [1.82, 2.24) is 14.5 Å². The van der Waals surface area contributed by atoms with Crippen LogP contribution < -0.4 is 5.32 Å². The summed E-state index contributed by atoms with van der Waals surface area (Å²) in [7, 11) is -2.32. The van der Waals surface area contributed by atoms with E-state index in [0.717, 1.165) is 10.6 Å². The lowest BCUT2D eigenvalue weighted by atomic mass is 10.0. The van der Waals surface area contributed by atoms with Crippen LogP contribution in [0, 0.1) is 5.82 Å². The molecule has 0 heterocycles. The van der Waals surface area contributed by atoms with Gasteiger partial charge in [0, 0.05) is 20.1 Å². The fraction of sp³-hybridized carbons (Fsp3) is 0.273. The number of likely N-dealkylation sites (N-methyl/N-ethyl adjacent to an activating group) is 1. The van der Waals surface area contributed by atoms with E-state index < -0.39 is 40.2 Å². The number of carbonyl (C=O) groups is 2. The third-order valence-electron chi connectivity index (χ3n) is 4.61. The van der Waals surface area contributed by atoms with Crippen LogP contribution in [0.1, 0.15) is 17.2 Å². The van der Waals surface area contributed by atoms with Gasteiger partial charge in [0.25, 0.3) is 0 Å². The van der Waals surface area contributed by atoms with Crippen LogP contribution in [0.2, 0.25) is 0 Å². The molecule has 0 bridgehead atoms. The molecular formula is C22H26FN3O4S. The van der Waals surface area contributed by atoms with Crippen molar-refractivity contribution in [2.45, 2.75) is 12.6 Å². The standard InChI is InChI=1S/C22H26FN3O4S/c1-4-14-24-22(28)21(18-8-6-5-7-9-18)26(15-17-10-12-19(23)13-11-17)20(27)16-25(2)31(3,29)30/h4-13,21H,1,14-16H2,2-3H3,(H,24,28)/t21-/m0/s1. The van der Waals surface area contributed by atoms with Gasteiger partial charge in [-0.25, -0.2) is 12.8 Å². The van der Waals surface area contributed by atoms with Crippen molar-refractivity contribution < 1.29 is 22.4 Å². The van der Waals surface area contributed by atoms with E-state index in [9.17, 15) is 22.4 Å². The van der Waals surface area contributed by atoms with Crippen LogP contribution in [0.15, 0.2) is 67.3 Å². The Kier molecular flexibility index (Phi) is 8.47. The maximum absolute atomic E-state index is 13.3. The molecule has 0 radical (unpaired) electrons. The largest absolute Gasteiger partial charge is 0.351 e. The molecule has 0 aromatic heterocycles. The summed E-state index contributed by atoms with van der Waals surface area (Å²) in [4.78, 5) is 27.5. The molecule has 0 unspecified atom stereocenters. The minimum atomic E-state index is -3.61. The van der Waals surface area contributed by atoms with E-state index in [4.69, 9.17) is 0 Å². The van der Waals surface area contributed by atoms with Crippen LogP contribution in [0.3, 0.4) is 0 Å². The Morgan fingerprint density at radius 3 is 2.29 bits per heavy atom. The Balaban J connectivity index is 2.48. The van der Waals surface area contributed by atoms with Crippen molar-refractivity contribution in [1.29, 1.82) is 0 Å². The number of hydrogen-bond donors (Lipinski definition) is 1. The van der Waals surface area contributed by atoms with Crippen LogP contribution >= 0.6 is 0 Å². The van der Waals surface area contributed by atoms with Crippen molar-refractivity contribution in [3.05, 3.63) is 84.2 Å². The SMILES string of the molecule is C=CCNC(=O)[C@H](c1ccccc1)N(Cc1ccc(F)cc1)C(=O)CN(C)S(C)(=O)=O. The van der Waals surface area contributed by atoms with E-state index in [2.05, 4.69) is 11.9 Å². The summed E-state index contributed by atoms with van der Waals surface area (Å²) in [5, 5.41) is 2.70. The molecule has 0 saturated carbocycles. The van der Waals surface area contributed by atoms with Gasteiger partial charge in [0.2, 0.25) is 21.8 Å². The van der Waals surface area contributed by atoms with E-state index in [1.54, 1.807) is 30.3 Å². The summed E-state index contributed by atoms with van der Waals surface area (Å²) in [6, 6.07) is 13.2. The van der Waals surface area contributed by atoms with Gasteiger partial charge in [0.1, 0.15) is 11.9 Å². The van der Waals surface area contributed by atoms with E-state index in [-0.39, 0.29) is 13.1 Å². The lowest BCUT2D eigenvalue weighted by molar-refractivity contribution is -0.141. The normalized spacial score (nSPS) is 12.3. The molecule has 0 saturated heterocycles. The zero-order valence-electron chi connectivity index (χ0n) is 17.5. The number of carbonyl (C=O) groups excluding carboxylic acids is 2. The second-order valence-electron chi connectivity index (χ2n) is 7.01. The molecule has 0 aliphatic rings. The van der Waals surface area contributed by atoms with Crippen LogP contribution in [0.25, 0.3) is 0 Å². The highest BCUT2D eigenvalue weighted by Gasteiger charge is 2.32. The minimum absolute atomic E-state index is 0.0161. The van der Waals surface area contributed by atoms with E-state index in [0.29, 0.717) is 11.1 Å². The number of benzene rings is 2. The quantitative estimate of drug-likeness (QED) is 0.565. The molecule has 2 aromatic rings. The summed E-state index contributed by atoms with van der Waals surface area (Å²) in [6.07, 6.45) is 2.51. The summed E-state index contributed by atoms with van der Waals surface area (Å²) >= 11 is 0. The Morgan fingerprint density at radius 2 is 1.74 bits per heavy atom. The maximum atomic E-state index is 13.3. The highest BCUT2D eigenvalue weighted by molar-refractivity contribution is 7.88. The van der Waals surface area contributed by atoms with Gasteiger partial charge in [0.15, 0.2) is 0 Å². The molecule has 9 heteroatoms. The molecule has 166 valence electrons. The van der Waals surface area contributed by atoms with Crippen molar-refractivity contribution in [2.75, 3.05) is 26.4 Å². The predicted octanol–water partition coefficient (Wildman–Crippen LogP) is 2.09. The molecular weight excluding hydrogens is 421 g/mol. The van der Waals surface area contributed by atoms with Crippen molar-refractivity contribution in [3.8, 4) is 0 Å². The van der Waals surface area contributed by atoms with Gasteiger partial charge in [-0.15, -0.1) is 6.58 Å². The monoisotopic (exact) mass is 447 g/mol. The Labute approximate surface area is 182 Å². The van der Waals surface area contributed by atoms with E-state index in [1.807, 2.05) is 0 Å². The molecule has 2 amide bonds. The summed E-state index contributed by atoms with van der Waals surface area (Å²) in [5.74, 6) is -1.44. The first-order valence-corrected chi connectivity index (χ1v) is 11.4. The van der Waals surface area contributed by atoms with Gasteiger partial charge in [-0.1, -0.05) is 48.5 Å². The maximum Gasteiger partial charge on any atom is 0.247 e. The number of amides is 2. The van der Waals surface area contributed by atoms with Gasteiger partial charge >= 0.3 is 0 Å². The second kappa shape index (κ2) is 10.8. The molecule has 0 spiro atoms. The lowest BCUT2D eigenvalue weighted by Crippen LogP contribution is -2.47. The first-order valence-electron chi connectivity index (χ1n) is 9.52. The van der Waals surface area contributed by atoms with Crippen LogP contribution in [-0.2, 0) is 26.2 Å². The van der Waals surface area contributed by atoms with Crippen LogP contribution in [0.5, 0.6) is 0 Å². The van der Waals surface area contributed by atoms with Gasteiger partial charge in [0.05, 0.1) is 12.8 Å². The Hall–Kier alpha value is -3.04. The number of sulfonamides is 1. The minimum Gasteiger partial charge on any atom is -0.351 e. The lowest BCUT2D eigenvalue weighted by Gasteiger charge is -2.32. The van der Waals surface area contributed by atoms with Gasteiger partial charge < -0.3 is 10.2 Å². The zero-order valence-corrected chi connectivity index (χ0v) is 18.3. The van der Waals surface area contributed by atoms with Crippen molar-refractivity contribution in [2.24, 2.45) is 0 Å². The van der Waals surface area contributed by atoms with Gasteiger partial charge in [-0.05, 0) is 23.3 Å². The molecule has 2 rings (SSSR count). The highest BCUT2D eigenvalue weighted by Crippen LogP contribution is 2.24. The van der Waals surface area contributed by atoms with Gasteiger partial charge in [-0.2, -0.15) is 4.31 Å². The highest BCUT2D eigenvalue weighted by atomic mass is 32.2. The first kappa shape index (κ1) is 24.2. The number of hydrogen-bond acceptors (Lipinski definition) is 4. The van der Waals surface area contributed by atoms with E-state index >= 15 is 0 Å². The molecule has 7 nitrogen and oxygen atoms in total. The summed E-state index contributed by atoms with van der Waals surface area (Å²) < 4.78 is 37.9. The van der Waals surface area contributed by atoms with Crippen LogP contribution in [0.4, 0.5) is 4.39 Å². The zero-order chi connectivity index (χ0) is 23.0. The molecule has 0 fully saturated rings. The molecule has 31 heavy (non-hydrogen) atoms. The van der Waals surface area contributed by atoms with Crippen LogP contribution in [-0.4, -0.2) is 55.8 Å². The van der Waals surface area contributed by atoms with Crippen molar-refractivity contribution >= 4 is 21.8 Å². The third kappa shape index (κ3) is 7.01. The smallest absolute Gasteiger partial charge is 0.247 e. The summed E-state index contributed by atoms with van der Waals surface area (Å²) in [6.45, 7) is 3.32. The van der Waals surface area contributed by atoms with Crippen molar-refractivity contribution in [3.63, 3.8) is 0 Å². The fourth-order valence-corrected chi connectivity index (χ4v) is 3.23. The number of nitrogens with zero attached hydrogens (tertiary/aromatic N) is 2. The number of halogens is 1. The number of nitrogens with one attached hydrogen (secondary N) is 1. The average Bonchev–Trinajstić information content (AvgIpc) is 2.73. The first-order chi connectivity index (χ1) is 14.6. The average molecular weight is 448 g/mol. The van der Waals surface area contributed by atoms with Gasteiger partial charge in [-0.3, -0.25) is 9.59 Å². The molecule has 1 N–H and O–H groups in total. The molecule has 0 aliphatic heterocycles.